The van der Waals surface area contributed by atoms with Crippen molar-refractivity contribution in [1.82, 2.24) is 0 Å². The van der Waals surface area contributed by atoms with Gasteiger partial charge in [0.15, 0.2) is 0 Å². The number of hydrogen-bond donors (Lipinski definition) is 0. The van der Waals surface area contributed by atoms with Gasteiger partial charge in [-0.15, -0.1) is 0 Å². The molecule has 1 nitrogen and oxygen atoms in total. The average molecular weight is 201 g/mol. The highest BCUT2D eigenvalue weighted by molar-refractivity contribution is 5.75. The van der Waals surface area contributed by atoms with E-state index in [0.717, 1.165) is 13.2 Å². The number of ether oxygens (including phenoxy) is 1. The van der Waals surface area contributed by atoms with Crippen molar-refractivity contribution in [3.05, 3.63) is 0 Å². The highest BCUT2D eigenvalue weighted by atomic mass is 19.0. The predicted octanol–water partition coefficient (Wildman–Crippen LogP) is 2.68. The van der Waals surface area contributed by atoms with E-state index in [-0.39, 0.29) is 22.5 Å². The van der Waals surface area contributed by atoms with E-state index in [0.29, 0.717) is 0 Å². The van der Waals surface area contributed by atoms with Gasteiger partial charge < -0.3 is 4.74 Å². The average Bonchev–Trinajstić information content (AvgIpc) is 1.89. The number of rotatable bonds is 6. The van der Waals surface area contributed by atoms with Gasteiger partial charge in [-0.25, -0.2) is 0 Å². The molecule has 0 rings (SSSR count). The van der Waals surface area contributed by atoms with Crippen LogP contribution in [0.5, 0.6) is 0 Å². The molecule has 5 heteroatoms. The highest BCUT2D eigenvalue weighted by Gasteiger charge is 1.84. The van der Waals surface area contributed by atoms with E-state index < -0.39 is 0 Å². The van der Waals surface area contributed by atoms with Crippen molar-refractivity contribution in [3.63, 3.8) is 0 Å². The van der Waals surface area contributed by atoms with Crippen LogP contribution < -0.4 is 0 Å². The lowest BCUT2D eigenvalue weighted by molar-refractivity contribution is 0.128. The molecular weight excluding hydrogens is 180 g/mol. The zero-order valence-corrected chi connectivity index (χ0v) is 8.45. The van der Waals surface area contributed by atoms with Gasteiger partial charge in [-0.05, 0) is 12.8 Å². The third-order valence-corrected chi connectivity index (χ3v) is 1.28. The fraction of sp³-hybridized carbons (Fsp3) is 1.00. The van der Waals surface area contributed by atoms with E-state index in [9.17, 15) is 0 Å². The first kappa shape index (κ1) is 29.3. The van der Waals surface area contributed by atoms with Crippen LogP contribution in [0, 0.1) is 0 Å². The molecule has 0 spiro atoms. The van der Waals surface area contributed by atoms with Gasteiger partial charge in [0.25, 0.3) is 0 Å². The molecule has 0 saturated heterocycles. The maximum Gasteiger partial charge on any atom is 0.0465 e. The molecular formula is C8H21BF3O. The lowest BCUT2D eigenvalue weighted by Gasteiger charge is -1.99. The lowest BCUT2D eigenvalue weighted by Crippen LogP contribution is -1.95. The minimum absolute atomic E-state index is 0. The normalized spacial score (nSPS) is 6.92. The minimum atomic E-state index is 0. The van der Waals surface area contributed by atoms with Gasteiger partial charge in [-0.3, -0.25) is 14.1 Å². The number of halogens is 3. The predicted molar refractivity (Wildman–Crippen MR) is 53.9 cm³/mol. The Kier molecular flexibility index (Phi) is 67.0. The summed E-state index contributed by atoms with van der Waals surface area (Å²) >= 11 is 0. The molecule has 0 N–H and O–H groups in total. The second-order valence-corrected chi connectivity index (χ2v) is 2.32. The first-order chi connectivity index (χ1) is 4.41. The van der Waals surface area contributed by atoms with Gasteiger partial charge in [0.2, 0.25) is 0 Å². The smallest absolute Gasteiger partial charge is 0.0465 e. The molecule has 0 aromatic rings. The van der Waals surface area contributed by atoms with Crippen molar-refractivity contribution >= 4 is 8.41 Å². The Morgan fingerprint density at radius 3 is 1.31 bits per heavy atom. The molecule has 3 radical (unpaired) electrons. The summed E-state index contributed by atoms with van der Waals surface area (Å²) in [6.45, 7) is 6.28. The van der Waals surface area contributed by atoms with Crippen LogP contribution in [-0.4, -0.2) is 21.6 Å². The Bertz CT molecular complexity index is 52.7. The Morgan fingerprint density at radius 2 is 1.08 bits per heavy atom. The molecule has 0 unspecified atom stereocenters. The summed E-state index contributed by atoms with van der Waals surface area (Å²) in [6.07, 6.45) is 4.91. The number of unbranched alkanes of at least 4 members (excludes halogenated alkanes) is 2. The Labute approximate surface area is 80.9 Å². The van der Waals surface area contributed by atoms with Crippen LogP contribution in [0.25, 0.3) is 0 Å². The Hall–Kier alpha value is -0.185. The van der Waals surface area contributed by atoms with E-state index in [2.05, 4.69) is 13.8 Å². The molecule has 83 valence electrons. The van der Waals surface area contributed by atoms with Crippen LogP contribution in [0.2, 0.25) is 0 Å². The van der Waals surface area contributed by atoms with Crippen LogP contribution >= 0.6 is 0 Å². The SMILES string of the molecule is CCCCOCCCC.F.F.F.[B]. The summed E-state index contributed by atoms with van der Waals surface area (Å²) in [7, 11) is 0. The van der Waals surface area contributed by atoms with E-state index in [1.165, 1.54) is 25.7 Å². The Balaban J connectivity index is -0.0000000533. The minimum Gasteiger partial charge on any atom is -0.381 e. The first-order valence-corrected chi connectivity index (χ1v) is 3.99. The molecule has 0 bridgehead atoms. The van der Waals surface area contributed by atoms with Crippen LogP contribution in [0.1, 0.15) is 39.5 Å². The standard InChI is InChI=1S/C8H18O.B.3FH/c1-3-5-7-9-8-6-4-2;;;;/h3-8H2,1-2H3;;3*1H. The first-order valence-electron chi connectivity index (χ1n) is 3.99. The van der Waals surface area contributed by atoms with Crippen LogP contribution in [-0.2, 0) is 4.74 Å². The van der Waals surface area contributed by atoms with Crippen LogP contribution in [0.15, 0.2) is 0 Å². The second-order valence-electron chi connectivity index (χ2n) is 2.32. The van der Waals surface area contributed by atoms with Gasteiger partial charge in [-0.1, -0.05) is 26.7 Å². The Morgan fingerprint density at radius 1 is 0.769 bits per heavy atom. The van der Waals surface area contributed by atoms with Crippen molar-refractivity contribution in [3.8, 4) is 0 Å². The molecule has 13 heavy (non-hydrogen) atoms. The van der Waals surface area contributed by atoms with E-state index in [1.54, 1.807) is 0 Å². The quantitative estimate of drug-likeness (QED) is 0.474. The molecule has 0 aliphatic rings. The monoisotopic (exact) mass is 201 g/mol. The van der Waals surface area contributed by atoms with Crippen molar-refractivity contribution in [1.29, 1.82) is 0 Å². The molecule has 0 fully saturated rings. The molecule has 0 saturated carbocycles. The van der Waals surface area contributed by atoms with Gasteiger partial charge in [0.05, 0.1) is 0 Å². The van der Waals surface area contributed by atoms with Crippen molar-refractivity contribution < 1.29 is 18.9 Å². The largest absolute Gasteiger partial charge is 0.381 e. The molecule has 0 aromatic heterocycles. The van der Waals surface area contributed by atoms with Crippen molar-refractivity contribution in [2.24, 2.45) is 0 Å². The summed E-state index contributed by atoms with van der Waals surface area (Å²) in [5.74, 6) is 0. The zero-order valence-electron chi connectivity index (χ0n) is 8.45. The molecule has 0 atom stereocenters. The maximum atomic E-state index is 5.31. The van der Waals surface area contributed by atoms with Gasteiger partial charge in [0.1, 0.15) is 0 Å². The van der Waals surface area contributed by atoms with E-state index in [1.807, 2.05) is 0 Å². The molecule has 0 aromatic carbocycles. The number of hydrogen-bond acceptors (Lipinski definition) is 1. The third-order valence-electron chi connectivity index (χ3n) is 1.28. The summed E-state index contributed by atoms with van der Waals surface area (Å²) in [5.41, 5.74) is 0. The van der Waals surface area contributed by atoms with E-state index in [4.69, 9.17) is 4.74 Å². The van der Waals surface area contributed by atoms with Gasteiger partial charge >= 0.3 is 0 Å². The summed E-state index contributed by atoms with van der Waals surface area (Å²) < 4.78 is 5.31. The van der Waals surface area contributed by atoms with Gasteiger partial charge in [0, 0.05) is 21.6 Å². The zero-order chi connectivity index (χ0) is 6.95. The van der Waals surface area contributed by atoms with Crippen molar-refractivity contribution in [2.75, 3.05) is 13.2 Å². The summed E-state index contributed by atoms with van der Waals surface area (Å²) in [4.78, 5) is 0. The molecule has 0 amide bonds. The molecule has 0 aliphatic carbocycles. The molecule has 0 heterocycles. The summed E-state index contributed by atoms with van der Waals surface area (Å²) in [6, 6.07) is 0. The van der Waals surface area contributed by atoms with Gasteiger partial charge in [-0.2, -0.15) is 0 Å². The maximum absolute atomic E-state index is 5.31. The van der Waals surface area contributed by atoms with Crippen molar-refractivity contribution in [2.45, 2.75) is 39.5 Å². The van der Waals surface area contributed by atoms with Crippen LogP contribution in [0.4, 0.5) is 14.1 Å². The topological polar surface area (TPSA) is 9.23 Å². The molecule has 0 aliphatic heterocycles. The fourth-order valence-corrected chi connectivity index (χ4v) is 0.595. The van der Waals surface area contributed by atoms with E-state index >= 15 is 0 Å². The lowest BCUT2D eigenvalue weighted by atomic mass is 10.3. The third kappa shape index (κ3) is 33.7. The highest BCUT2D eigenvalue weighted by Crippen LogP contribution is 1.91. The summed E-state index contributed by atoms with van der Waals surface area (Å²) in [5, 5.41) is 0. The fourth-order valence-electron chi connectivity index (χ4n) is 0.595. The second kappa shape index (κ2) is 29.8. The van der Waals surface area contributed by atoms with Crippen LogP contribution in [0.3, 0.4) is 0 Å².